The number of anilines is 2. The van der Waals surface area contributed by atoms with Crippen LogP contribution in [-0.4, -0.2) is 47.9 Å². The summed E-state index contributed by atoms with van der Waals surface area (Å²) in [6.45, 7) is -2.52. The monoisotopic (exact) mass is 484 g/mol. The van der Waals surface area contributed by atoms with E-state index in [-0.39, 0.29) is 37.0 Å². The maximum atomic E-state index is 13.1. The van der Waals surface area contributed by atoms with Gasteiger partial charge in [0.1, 0.15) is 11.8 Å². The molecule has 3 aliphatic rings. The normalized spacial score (nSPS) is 19.4. The van der Waals surface area contributed by atoms with Crippen LogP contribution in [0.3, 0.4) is 0 Å². The number of fused-ring (bicyclic) bond motifs is 2. The average Bonchev–Trinajstić information content (AvgIpc) is 3.14. The molecule has 0 spiro atoms. The van der Waals surface area contributed by atoms with E-state index >= 15 is 0 Å². The first kappa shape index (κ1) is 22.8. The molecule has 35 heavy (non-hydrogen) atoms. The molecule has 0 aliphatic carbocycles. The minimum absolute atomic E-state index is 0.0632. The molecule has 1 fully saturated rings. The van der Waals surface area contributed by atoms with Crippen LogP contribution in [0.5, 0.6) is 5.75 Å². The van der Waals surface area contributed by atoms with Crippen LogP contribution >= 0.6 is 0 Å². The fourth-order valence-electron chi connectivity index (χ4n) is 4.85. The van der Waals surface area contributed by atoms with Crippen LogP contribution in [0.4, 0.5) is 25.0 Å². The van der Waals surface area contributed by atoms with Crippen molar-refractivity contribution in [1.29, 1.82) is 0 Å². The van der Waals surface area contributed by atoms with Gasteiger partial charge >= 0.3 is 12.6 Å². The molecule has 5 rings (SSSR count). The Morgan fingerprint density at radius 2 is 1.94 bits per heavy atom. The van der Waals surface area contributed by atoms with Crippen LogP contribution < -0.4 is 20.3 Å². The molecule has 2 N–H and O–H groups in total. The molecule has 2 aromatic carbocycles. The lowest BCUT2D eigenvalue weighted by Crippen LogP contribution is -2.52. The predicted octanol–water partition coefficient (Wildman–Crippen LogP) is 3.03. The lowest BCUT2D eigenvalue weighted by molar-refractivity contribution is -0.136. The molecule has 1 atom stereocenters. The molecule has 0 bridgehead atoms. The smallest absolute Gasteiger partial charge is 0.387 e. The number of urea groups is 1. The minimum atomic E-state index is -3.02. The number of para-hydroxylation sites is 1. The van der Waals surface area contributed by atoms with Crippen LogP contribution in [0.1, 0.15) is 40.7 Å². The van der Waals surface area contributed by atoms with Crippen molar-refractivity contribution in [2.75, 3.05) is 16.8 Å². The van der Waals surface area contributed by atoms with Crippen LogP contribution in [0, 0.1) is 0 Å². The zero-order chi connectivity index (χ0) is 24.7. The van der Waals surface area contributed by atoms with Gasteiger partial charge < -0.3 is 15.0 Å². The number of hydrogen-bond donors (Lipinski definition) is 2. The number of ether oxygens (including phenoxy) is 1. The van der Waals surface area contributed by atoms with Gasteiger partial charge in [-0.3, -0.25) is 24.6 Å². The summed E-state index contributed by atoms with van der Waals surface area (Å²) in [7, 11) is 0. The van der Waals surface area contributed by atoms with Gasteiger partial charge in [0.25, 0.3) is 5.91 Å². The van der Waals surface area contributed by atoms with Crippen molar-refractivity contribution in [3.63, 3.8) is 0 Å². The predicted molar refractivity (Wildman–Crippen MR) is 120 cm³/mol. The number of halogens is 2. The van der Waals surface area contributed by atoms with Gasteiger partial charge in [-0.15, -0.1) is 0 Å². The first-order chi connectivity index (χ1) is 16.8. The standard InChI is InChI=1S/C24H22F2N4O5/c25-23(26)35-18-5-1-3-13-4-2-10-29(20(13)18)24(34)27-15-6-7-16-14(11-15)12-30(22(16)33)17-8-9-19(31)28-21(17)32/h1,3,5-7,11,17,23H,2,4,8-10,12H2,(H,27,34)(H,28,31,32). The van der Waals surface area contributed by atoms with E-state index in [2.05, 4.69) is 15.4 Å². The second-order valence-electron chi connectivity index (χ2n) is 8.60. The number of carbonyl (C=O) groups excluding carboxylic acids is 4. The molecule has 5 amide bonds. The number of amides is 5. The van der Waals surface area contributed by atoms with E-state index < -0.39 is 24.6 Å². The third kappa shape index (κ3) is 4.29. The number of rotatable bonds is 4. The molecule has 182 valence electrons. The number of carbonyl (C=O) groups is 4. The van der Waals surface area contributed by atoms with Gasteiger partial charge in [-0.25, -0.2) is 4.79 Å². The number of nitrogens with one attached hydrogen (secondary N) is 2. The zero-order valence-corrected chi connectivity index (χ0v) is 18.6. The van der Waals surface area contributed by atoms with E-state index in [1.165, 1.54) is 15.9 Å². The van der Waals surface area contributed by atoms with Crippen molar-refractivity contribution >= 4 is 35.1 Å². The van der Waals surface area contributed by atoms with Gasteiger partial charge in [0.2, 0.25) is 11.8 Å². The third-order valence-corrected chi connectivity index (χ3v) is 6.42. The minimum Gasteiger partial charge on any atom is -0.433 e. The van der Waals surface area contributed by atoms with Crippen LogP contribution in [0.25, 0.3) is 0 Å². The van der Waals surface area contributed by atoms with Crippen molar-refractivity contribution in [2.24, 2.45) is 0 Å². The summed E-state index contributed by atoms with van der Waals surface area (Å²) >= 11 is 0. The number of alkyl halides is 2. The maximum Gasteiger partial charge on any atom is 0.387 e. The first-order valence-electron chi connectivity index (χ1n) is 11.2. The fraction of sp³-hybridized carbons (Fsp3) is 0.333. The quantitative estimate of drug-likeness (QED) is 0.649. The van der Waals surface area contributed by atoms with E-state index in [1.807, 2.05) is 0 Å². The molecule has 1 unspecified atom stereocenters. The van der Waals surface area contributed by atoms with E-state index in [0.29, 0.717) is 41.9 Å². The third-order valence-electron chi connectivity index (χ3n) is 6.42. The number of benzene rings is 2. The van der Waals surface area contributed by atoms with E-state index in [9.17, 15) is 28.0 Å². The lowest BCUT2D eigenvalue weighted by atomic mass is 10.0. The largest absolute Gasteiger partial charge is 0.433 e. The molecule has 1 saturated heterocycles. The van der Waals surface area contributed by atoms with Gasteiger partial charge in [-0.1, -0.05) is 12.1 Å². The van der Waals surface area contributed by atoms with Gasteiger partial charge in [0.15, 0.2) is 0 Å². The summed E-state index contributed by atoms with van der Waals surface area (Å²) in [5.41, 5.74) is 2.54. The Kier molecular flexibility index (Phi) is 5.83. The molecule has 11 heteroatoms. The molecule has 3 aliphatic heterocycles. The number of imide groups is 1. The van der Waals surface area contributed by atoms with E-state index in [4.69, 9.17) is 0 Å². The summed E-state index contributed by atoms with van der Waals surface area (Å²) < 4.78 is 30.5. The molecule has 2 aromatic rings. The second kappa shape index (κ2) is 8.97. The van der Waals surface area contributed by atoms with E-state index in [0.717, 1.165) is 5.56 Å². The Morgan fingerprint density at radius 1 is 1.11 bits per heavy atom. The molecular formula is C24H22F2N4O5. The van der Waals surface area contributed by atoms with Crippen LogP contribution in [0.2, 0.25) is 0 Å². The summed E-state index contributed by atoms with van der Waals surface area (Å²) in [6.07, 6.45) is 1.71. The molecule has 3 heterocycles. The van der Waals surface area contributed by atoms with Crippen molar-refractivity contribution in [2.45, 2.75) is 44.9 Å². The van der Waals surface area contributed by atoms with Gasteiger partial charge in [0, 0.05) is 30.8 Å². The Balaban J connectivity index is 1.34. The summed E-state index contributed by atoms with van der Waals surface area (Å²) in [6, 6.07) is 8.36. The summed E-state index contributed by atoms with van der Waals surface area (Å²) in [4.78, 5) is 52.5. The highest BCUT2D eigenvalue weighted by molar-refractivity contribution is 6.07. The summed E-state index contributed by atoms with van der Waals surface area (Å²) in [5, 5.41) is 5.04. The first-order valence-corrected chi connectivity index (χ1v) is 11.2. The van der Waals surface area contributed by atoms with Gasteiger partial charge in [0.05, 0.1) is 5.69 Å². The number of piperidine rings is 1. The fourth-order valence-corrected chi connectivity index (χ4v) is 4.85. The number of nitrogens with zero attached hydrogens (tertiary/aromatic N) is 2. The van der Waals surface area contributed by atoms with E-state index in [1.54, 1.807) is 30.3 Å². The molecule has 0 radical (unpaired) electrons. The van der Waals surface area contributed by atoms with Crippen LogP contribution in [-0.2, 0) is 22.6 Å². The van der Waals surface area contributed by atoms with Gasteiger partial charge in [-0.2, -0.15) is 8.78 Å². The van der Waals surface area contributed by atoms with Crippen molar-refractivity contribution in [3.05, 3.63) is 53.1 Å². The summed E-state index contributed by atoms with van der Waals surface area (Å²) in [5.74, 6) is -1.23. The van der Waals surface area contributed by atoms with Crippen molar-refractivity contribution < 1.29 is 32.7 Å². The van der Waals surface area contributed by atoms with Gasteiger partial charge in [-0.05, 0) is 54.7 Å². The Morgan fingerprint density at radius 3 is 2.71 bits per heavy atom. The highest BCUT2D eigenvalue weighted by Crippen LogP contribution is 2.38. The SMILES string of the molecule is O=C1CCC(N2Cc3cc(NC(=O)N4CCCc5cccc(OC(F)F)c54)ccc3C2=O)C(=O)N1. The van der Waals surface area contributed by atoms with Crippen LogP contribution in [0.15, 0.2) is 36.4 Å². The topological polar surface area (TPSA) is 108 Å². The van der Waals surface area contributed by atoms with Crippen molar-refractivity contribution in [1.82, 2.24) is 10.2 Å². The van der Waals surface area contributed by atoms with Crippen molar-refractivity contribution in [3.8, 4) is 5.75 Å². The average molecular weight is 484 g/mol. The highest BCUT2D eigenvalue weighted by atomic mass is 19.3. The molecule has 9 nitrogen and oxygen atoms in total. The molecule has 0 aromatic heterocycles. The second-order valence-corrected chi connectivity index (χ2v) is 8.60. The number of hydrogen-bond acceptors (Lipinski definition) is 5. The lowest BCUT2D eigenvalue weighted by Gasteiger charge is -2.31. The Hall–Kier alpha value is -4.02. The molecule has 0 saturated carbocycles. The Bertz CT molecular complexity index is 1230. The highest BCUT2D eigenvalue weighted by Gasteiger charge is 2.39. The Labute approximate surface area is 199 Å². The zero-order valence-electron chi connectivity index (χ0n) is 18.6. The molecular weight excluding hydrogens is 462 g/mol. The number of aryl methyl sites for hydroxylation is 1. The maximum absolute atomic E-state index is 13.1.